The third-order valence-corrected chi connectivity index (χ3v) is 5.29. The number of halogens is 1. The van der Waals surface area contributed by atoms with Crippen molar-refractivity contribution in [2.45, 2.75) is 18.6 Å². The zero-order valence-electron chi connectivity index (χ0n) is 16.1. The molecule has 2 atom stereocenters. The summed E-state index contributed by atoms with van der Waals surface area (Å²) in [6, 6.07) is 9.44. The second kappa shape index (κ2) is 9.09. The summed E-state index contributed by atoms with van der Waals surface area (Å²) in [5.74, 6) is -0.113. The highest BCUT2D eigenvalue weighted by atomic mass is 32.1. The smallest absolute Gasteiger partial charge is 0.296 e. The molecular weight excluding hydrogens is 411 g/mol. The molecule has 1 amide bonds. The van der Waals surface area contributed by atoms with Gasteiger partial charge >= 0.3 is 0 Å². The number of carbonyl (C=O) groups excluding carboxylic acids is 1. The number of hydrogen-bond acceptors (Lipinski definition) is 9. The van der Waals surface area contributed by atoms with Gasteiger partial charge in [-0.05, 0) is 41.2 Å². The number of nitrogens with one attached hydrogen (secondary N) is 1. The lowest BCUT2D eigenvalue weighted by atomic mass is 10.1. The Kier molecular flexibility index (Phi) is 6.10. The van der Waals surface area contributed by atoms with E-state index in [0.717, 1.165) is 30.1 Å². The molecule has 3 heterocycles. The zero-order valence-corrected chi connectivity index (χ0v) is 16.9. The molecule has 9 nitrogen and oxygen atoms in total. The van der Waals surface area contributed by atoms with Crippen LogP contribution in [0, 0.1) is 5.82 Å². The van der Waals surface area contributed by atoms with Crippen molar-refractivity contribution in [2.75, 3.05) is 30.4 Å². The van der Waals surface area contributed by atoms with E-state index in [-0.39, 0.29) is 11.2 Å². The van der Waals surface area contributed by atoms with Crippen LogP contribution < -0.4 is 15.0 Å². The first-order valence-corrected chi connectivity index (χ1v) is 10.1. The SMILES string of the molecule is CO[C@H](C(=O)Nc1nnc(O[C@@H]2CCN(c3cccnn3)C2)s1)c1cccc(F)c1. The fraction of sp³-hybridized carbons (Fsp3) is 0.316. The minimum absolute atomic E-state index is 0.0671. The molecule has 156 valence electrons. The molecule has 0 radical (unpaired) electrons. The minimum atomic E-state index is -0.968. The monoisotopic (exact) mass is 430 g/mol. The summed E-state index contributed by atoms with van der Waals surface area (Å²) >= 11 is 1.12. The van der Waals surface area contributed by atoms with Crippen LogP contribution in [0.3, 0.4) is 0 Å². The number of ether oxygens (including phenoxy) is 2. The Hall–Kier alpha value is -3.18. The number of anilines is 2. The highest BCUT2D eigenvalue weighted by Gasteiger charge is 2.27. The molecule has 1 fully saturated rings. The Morgan fingerprint density at radius 3 is 2.97 bits per heavy atom. The molecule has 0 spiro atoms. The molecule has 1 aromatic carbocycles. The summed E-state index contributed by atoms with van der Waals surface area (Å²) in [4.78, 5) is 14.6. The van der Waals surface area contributed by atoms with Crippen molar-refractivity contribution in [3.63, 3.8) is 0 Å². The number of benzene rings is 1. The Morgan fingerprint density at radius 1 is 1.30 bits per heavy atom. The summed E-state index contributed by atoms with van der Waals surface area (Å²) < 4.78 is 24.6. The normalized spacial score (nSPS) is 17.0. The molecule has 1 saturated heterocycles. The quantitative estimate of drug-likeness (QED) is 0.610. The molecule has 4 rings (SSSR count). The van der Waals surface area contributed by atoms with Gasteiger partial charge in [-0.15, -0.1) is 10.2 Å². The van der Waals surface area contributed by atoms with Crippen LogP contribution in [0.15, 0.2) is 42.6 Å². The van der Waals surface area contributed by atoms with Crippen LogP contribution in [0.1, 0.15) is 18.1 Å². The maximum atomic E-state index is 13.5. The number of carbonyl (C=O) groups is 1. The highest BCUT2D eigenvalue weighted by molar-refractivity contribution is 7.17. The Balaban J connectivity index is 1.34. The topological polar surface area (TPSA) is 102 Å². The molecule has 1 N–H and O–H groups in total. The number of aromatic nitrogens is 4. The first-order valence-electron chi connectivity index (χ1n) is 9.24. The van der Waals surface area contributed by atoms with E-state index in [0.29, 0.717) is 17.3 Å². The van der Waals surface area contributed by atoms with Crippen molar-refractivity contribution in [3.8, 4) is 5.19 Å². The molecule has 1 aliphatic heterocycles. The van der Waals surface area contributed by atoms with Gasteiger partial charge in [0.05, 0.1) is 6.54 Å². The fourth-order valence-corrected chi connectivity index (χ4v) is 3.84. The molecule has 0 bridgehead atoms. The minimum Gasteiger partial charge on any atom is -0.464 e. The van der Waals surface area contributed by atoms with E-state index in [4.69, 9.17) is 9.47 Å². The number of hydrogen-bond donors (Lipinski definition) is 1. The van der Waals surface area contributed by atoms with Gasteiger partial charge in [0.15, 0.2) is 11.9 Å². The molecule has 3 aromatic rings. The fourth-order valence-electron chi connectivity index (χ4n) is 3.18. The van der Waals surface area contributed by atoms with Crippen molar-refractivity contribution < 1.29 is 18.7 Å². The molecule has 30 heavy (non-hydrogen) atoms. The first kappa shape index (κ1) is 20.1. The van der Waals surface area contributed by atoms with Gasteiger partial charge in [0.2, 0.25) is 5.13 Å². The molecule has 0 aliphatic carbocycles. The van der Waals surface area contributed by atoms with Gasteiger partial charge in [-0.2, -0.15) is 5.10 Å². The molecule has 11 heteroatoms. The summed E-state index contributed by atoms with van der Waals surface area (Å²) in [7, 11) is 1.38. The van der Waals surface area contributed by atoms with Gasteiger partial charge in [0, 0.05) is 26.3 Å². The summed E-state index contributed by atoms with van der Waals surface area (Å²) in [6.45, 7) is 1.46. The first-order chi connectivity index (χ1) is 14.6. The van der Waals surface area contributed by atoms with Gasteiger partial charge in [0.1, 0.15) is 11.9 Å². The van der Waals surface area contributed by atoms with E-state index in [9.17, 15) is 9.18 Å². The van der Waals surface area contributed by atoms with Crippen molar-refractivity contribution in [1.29, 1.82) is 0 Å². The molecule has 1 aliphatic rings. The van der Waals surface area contributed by atoms with Crippen LogP contribution in [0.2, 0.25) is 0 Å². The van der Waals surface area contributed by atoms with Crippen LogP contribution in [0.4, 0.5) is 15.3 Å². The molecular formula is C19H19FN6O3S. The second-order valence-electron chi connectivity index (χ2n) is 6.59. The van der Waals surface area contributed by atoms with Crippen molar-refractivity contribution >= 4 is 28.2 Å². The van der Waals surface area contributed by atoms with Crippen molar-refractivity contribution in [3.05, 3.63) is 54.0 Å². The van der Waals surface area contributed by atoms with Crippen molar-refractivity contribution in [1.82, 2.24) is 20.4 Å². The van der Waals surface area contributed by atoms with Gasteiger partial charge in [-0.1, -0.05) is 17.2 Å². The molecule has 2 aromatic heterocycles. The average molecular weight is 430 g/mol. The van der Waals surface area contributed by atoms with E-state index in [2.05, 4.69) is 30.6 Å². The van der Waals surface area contributed by atoms with Gasteiger partial charge in [-0.25, -0.2) is 4.39 Å². The maximum Gasteiger partial charge on any atom is 0.296 e. The van der Waals surface area contributed by atoms with E-state index < -0.39 is 17.8 Å². The molecule has 0 unspecified atom stereocenters. The summed E-state index contributed by atoms with van der Waals surface area (Å²) in [5.41, 5.74) is 0.408. The summed E-state index contributed by atoms with van der Waals surface area (Å²) in [5, 5.41) is 19.2. The van der Waals surface area contributed by atoms with E-state index in [1.807, 2.05) is 12.1 Å². The predicted molar refractivity (Wildman–Crippen MR) is 108 cm³/mol. The van der Waals surface area contributed by atoms with Crippen LogP contribution in [0.25, 0.3) is 0 Å². The lowest BCUT2D eigenvalue weighted by Crippen LogP contribution is -2.25. The second-order valence-corrected chi connectivity index (χ2v) is 7.53. The summed E-state index contributed by atoms with van der Waals surface area (Å²) in [6.07, 6.45) is 1.41. The molecule has 0 saturated carbocycles. The van der Waals surface area contributed by atoms with Crippen molar-refractivity contribution in [2.24, 2.45) is 0 Å². The van der Waals surface area contributed by atoms with E-state index in [1.54, 1.807) is 12.3 Å². The Labute approximate surface area is 175 Å². The Bertz CT molecular complexity index is 1000. The lowest BCUT2D eigenvalue weighted by Gasteiger charge is -2.16. The van der Waals surface area contributed by atoms with Gasteiger partial charge in [-0.3, -0.25) is 10.1 Å². The zero-order chi connectivity index (χ0) is 20.9. The van der Waals surface area contributed by atoms with Crippen LogP contribution in [-0.2, 0) is 9.53 Å². The van der Waals surface area contributed by atoms with E-state index in [1.165, 1.54) is 25.3 Å². The average Bonchev–Trinajstić information content (AvgIpc) is 3.39. The number of rotatable bonds is 7. The number of methoxy groups -OCH3 is 1. The maximum absolute atomic E-state index is 13.5. The standard InChI is InChI=1S/C19H19FN6O3S/c1-28-16(12-4-2-5-13(20)10-12)17(27)22-18-24-25-19(30-18)29-14-7-9-26(11-14)15-6-3-8-21-23-15/h2-6,8,10,14,16H,7,9,11H2,1H3,(H,22,24,27)/t14-,16+/m1/s1. The number of nitrogens with zero attached hydrogens (tertiary/aromatic N) is 5. The largest absolute Gasteiger partial charge is 0.464 e. The van der Waals surface area contributed by atoms with Gasteiger partial charge in [0.25, 0.3) is 11.1 Å². The third kappa shape index (κ3) is 4.69. The lowest BCUT2D eigenvalue weighted by molar-refractivity contribution is -0.126. The highest BCUT2D eigenvalue weighted by Crippen LogP contribution is 2.28. The predicted octanol–water partition coefficient (Wildman–Crippen LogP) is 2.45. The third-order valence-electron chi connectivity index (χ3n) is 4.56. The number of amides is 1. The van der Waals surface area contributed by atoms with E-state index >= 15 is 0 Å². The van der Waals surface area contributed by atoms with Crippen LogP contribution in [-0.4, -0.2) is 52.6 Å². The van der Waals surface area contributed by atoms with Gasteiger partial charge < -0.3 is 14.4 Å². The van der Waals surface area contributed by atoms with Crippen LogP contribution >= 0.6 is 11.3 Å². The van der Waals surface area contributed by atoms with Crippen LogP contribution in [0.5, 0.6) is 5.19 Å². The Morgan fingerprint density at radius 2 is 2.20 bits per heavy atom.